The van der Waals surface area contributed by atoms with Crippen LogP contribution in [0.25, 0.3) is 11.3 Å². The van der Waals surface area contributed by atoms with Gasteiger partial charge in [-0.2, -0.15) is 0 Å². The van der Waals surface area contributed by atoms with Crippen LogP contribution in [-0.2, 0) is 6.61 Å². The molecule has 1 aromatic heterocycles. The fourth-order valence-electron chi connectivity index (χ4n) is 1.63. The van der Waals surface area contributed by atoms with Crippen molar-refractivity contribution in [3.63, 3.8) is 0 Å². The zero-order chi connectivity index (χ0) is 10.4. The van der Waals surface area contributed by atoms with Crippen LogP contribution in [0.5, 0.6) is 5.75 Å². The van der Waals surface area contributed by atoms with E-state index in [1.54, 1.807) is 6.07 Å². The minimum atomic E-state index is 0.541. The van der Waals surface area contributed by atoms with Crippen LogP contribution >= 0.6 is 22.9 Å². The van der Waals surface area contributed by atoms with E-state index in [0.717, 1.165) is 21.9 Å². The molecule has 76 valence electrons. The SMILES string of the molecule is Nc1nc2c(s1)COc1ccc(Cl)cc1-2. The van der Waals surface area contributed by atoms with Gasteiger partial charge in [0.1, 0.15) is 12.4 Å². The average molecular weight is 239 g/mol. The molecule has 1 aliphatic rings. The van der Waals surface area contributed by atoms with E-state index < -0.39 is 0 Å². The molecule has 0 unspecified atom stereocenters. The molecule has 0 amide bonds. The summed E-state index contributed by atoms with van der Waals surface area (Å²) in [5, 5.41) is 1.24. The minimum absolute atomic E-state index is 0.541. The van der Waals surface area contributed by atoms with Crippen molar-refractivity contribution in [2.45, 2.75) is 6.61 Å². The maximum Gasteiger partial charge on any atom is 0.180 e. The topological polar surface area (TPSA) is 48.1 Å². The Hall–Kier alpha value is -1.26. The molecule has 0 spiro atoms. The van der Waals surface area contributed by atoms with Crippen molar-refractivity contribution in [1.29, 1.82) is 0 Å². The van der Waals surface area contributed by atoms with Crippen LogP contribution in [0.3, 0.4) is 0 Å². The Morgan fingerprint density at radius 3 is 3.20 bits per heavy atom. The molecule has 0 fully saturated rings. The first-order valence-electron chi connectivity index (χ1n) is 4.42. The number of nitrogens with zero attached hydrogens (tertiary/aromatic N) is 1. The minimum Gasteiger partial charge on any atom is -0.487 e. The van der Waals surface area contributed by atoms with Gasteiger partial charge in [0.25, 0.3) is 0 Å². The molecule has 2 heterocycles. The summed E-state index contributed by atoms with van der Waals surface area (Å²) in [6.45, 7) is 0.541. The van der Waals surface area contributed by atoms with E-state index in [0.29, 0.717) is 16.8 Å². The average Bonchev–Trinajstić information content (AvgIpc) is 2.58. The highest BCUT2D eigenvalue weighted by atomic mass is 35.5. The van der Waals surface area contributed by atoms with Gasteiger partial charge in [-0.3, -0.25) is 0 Å². The number of nitrogen functional groups attached to an aromatic ring is 1. The molecule has 15 heavy (non-hydrogen) atoms. The third kappa shape index (κ3) is 1.37. The van der Waals surface area contributed by atoms with Crippen molar-refractivity contribution in [2.24, 2.45) is 0 Å². The summed E-state index contributed by atoms with van der Waals surface area (Å²) in [4.78, 5) is 5.35. The highest BCUT2D eigenvalue weighted by molar-refractivity contribution is 7.15. The second kappa shape index (κ2) is 3.12. The van der Waals surface area contributed by atoms with E-state index in [-0.39, 0.29) is 0 Å². The first-order valence-corrected chi connectivity index (χ1v) is 5.61. The Labute approximate surface area is 95.5 Å². The third-order valence-electron chi connectivity index (χ3n) is 2.27. The maximum absolute atomic E-state index is 5.94. The van der Waals surface area contributed by atoms with Crippen LogP contribution < -0.4 is 10.5 Å². The molecule has 0 saturated heterocycles. The summed E-state index contributed by atoms with van der Waals surface area (Å²) in [5.41, 5.74) is 7.50. The van der Waals surface area contributed by atoms with Gasteiger partial charge in [-0.1, -0.05) is 22.9 Å². The van der Waals surface area contributed by atoms with E-state index in [2.05, 4.69) is 4.98 Å². The highest BCUT2D eigenvalue weighted by Gasteiger charge is 2.21. The zero-order valence-electron chi connectivity index (χ0n) is 7.66. The van der Waals surface area contributed by atoms with Crippen LogP contribution in [0, 0.1) is 0 Å². The van der Waals surface area contributed by atoms with Crippen LogP contribution in [0.2, 0.25) is 5.02 Å². The Morgan fingerprint density at radius 2 is 2.33 bits per heavy atom. The number of halogens is 1. The molecule has 5 heteroatoms. The summed E-state index contributed by atoms with van der Waals surface area (Å²) in [6, 6.07) is 5.52. The fourth-order valence-corrected chi connectivity index (χ4v) is 2.57. The van der Waals surface area contributed by atoms with E-state index in [1.807, 2.05) is 12.1 Å². The van der Waals surface area contributed by atoms with Gasteiger partial charge < -0.3 is 10.5 Å². The number of benzene rings is 1. The Bertz CT molecular complexity index is 538. The van der Waals surface area contributed by atoms with Gasteiger partial charge in [0, 0.05) is 10.6 Å². The Balaban J connectivity index is 2.27. The van der Waals surface area contributed by atoms with E-state index in [1.165, 1.54) is 11.3 Å². The van der Waals surface area contributed by atoms with Gasteiger partial charge in [-0.05, 0) is 18.2 Å². The molecule has 3 nitrogen and oxygen atoms in total. The number of aromatic nitrogens is 1. The van der Waals surface area contributed by atoms with Crippen molar-refractivity contribution in [3.05, 3.63) is 28.1 Å². The normalized spacial score (nSPS) is 12.9. The molecule has 0 saturated carbocycles. The number of hydrogen-bond donors (Lipinski definition) is 1. The summed E-state index contributed by atoms with van der Waals surface area (Å²) in [7, 11) is 0. The lowest BCUT2D eigenvalue weighted by atomic mass is 10.1. The summed E-state index contributed by atoms with van der Waals surface area (Å²) < 4.78 is 5.57. The van der Waals surface area contributed by atoms with Gasteiger partial charge >= 0.3 is 0 Å². The molecule has 1 aliphatic heterocycles. The van der Waals surface area contributed by atoms with Crippen molar-refractivity contribution in [3.8, 4) is 17.0 Å². The lowest BCUT2D eigenvalue weighted by Crippen LogP contribution is -2.02. The molecule has 1 aromatic carbocycles. The monoisotopic (exact) mass is 238 g/mol. The van der Waals surface area contributed by atoms with E-state index in [9.17, 15) is 0 Å². The van der Waals surface area contributed by atoms with Crippen molar-refractivity contribution < 1.29 is 4.74 Å². The number of rotatable bonds is 0. The zero-order valence-corrected chi connectivity index (χ0v) is 9.23. The maximum atomic E-state index is 5.94. The van der Waals surface area contributed by atoms with Crippen molar-refractivity contribution in [1.82, 2.24) is 4.98 Å². The molecular weight excluding hydrogens is 232 g/mol. The van der Waals surface area contributed by atoms with E-state index >= 15 is 0 Å². The second-order valence-corrected chi connectivity index (χ2v) is 4.80. The molecule has 2 aromatic rings. The molecule has 3 rings (SSSR count). The molecule has 0 aliphatic carbocycles. The van der Waals surface area contributed by atoms with Gasteiger partial charge in [0.05, 0.1) is 10.6 Å². The summed E-state index contributed by atoms with van der Waals surface area (Å²) >= 11 is 7.40. The quantitative estimate of drug-likeness (QED) is 0.768. The first kappa shape index (κ1) is 9.00. The predicted molar refractivity (Wildman–Crippen MR) is 61.3 cm³/mol. The van der Waals surface area contributed by atoms with Crippen molar-refractivity contribution in [2.75, 3.05) is 5.73 Å². The summed E-state index contributed by atoms with van der Waals surface area (Å²) in [6.07, 6.45) is 0. The third-order valence-corrected chi connectivity index (χ3v) is 3.36. The molecule has 0 atom stereocenters. The standard InChI is InChI=1S/C10H7ClN2OS/c11-5-1-2-7-6(3-5)9-8(4-14-7)15-10(12)13-9/h1-3H,4H2,(H2,12,13). The fraction of sp³-hybridized carbons (Fsp3) is 0.100. The molecule has 2 N–H and O–H groups in total. The Kier molecular flexibility index (Phi) is 1.87. The van der Waals surface area contributed by atoms with Gasteiger partial charge in [-0.25, -0.2) is 4.98 Å². The summed E-state index contributed by atoms with van der Waals surface area (Å²) in [5.74, 6) is 0.817. The molecule has 0 radical (unpaired) electrons. The van der Waals surface area contributed by atoms with Gasteiger partial charge in [0.15, 0.2) is 5.13 Å². The van der Waals surface area contributed by atoms with Crippen molar-refractivity contribution >= 4 is 28.1 Å². The number of ether oxygens (including phenoxy) is 1. The number of thiazole rings is 1. The van der Waals surface area contributed by atoms with Crippen LogP contribution in [0.1, 0.15) is 4.88 Å². The lowest BCUT2D eigenvalue weighted by molar-refractivity contribution is 0.305. The highest BCUT2D eigenvalue weighted by Crippen LogP contribution is 2.41. The first-order chi connectivity index (χ1) is 7.24. The smallest absolute Gasteiger partial charge is 0.180 e. The van der Waals surface area contributed by atoms with Crippen LogP contribution in [0.4, 0.5) is 5.13 Å². The number of fused-ring (bicyclic) bond motifs is 3. The number of nitrogens with two attached hydrogens (primary N) is 1. The number of anilines is 1. The van der Waals surface area contributed by atoms with Crippen LogP contribution in [0.15, 0.2) is 18.2 Å². The van der Waals surface area contributed by atoms with E-state index in [4.69, 9.17) is 22.1 Å². The second-order valence-electron chi connectivity index (χ2n) is 3.25. The Morgan fingerprint density at radius 1 is 1.47 bits per heavy atom. The largest absolute Gasteiger partial charge is 0.487 e. The predicted octanol–water partition coefficient (Wildman–Crippen LogP) is 2.94. The van der Waals surface area contributed by atoms with Gasteiger partial charge in [-0.15, -0.1) is 0 Å². The number of hydrogen-bond acceptors (Lipinski definition) is 4. The molecular formula is C10H7ClN2OS. The van der Waals surface area contributed by atoms with Crippen LogP contribution in [-0.4, -0.2) is 4.98 Å². The van der Waals surface area contributed by atoms with Gasteiger partial charge in [0.2, 0.25) is 0 Å². The molecule has 0 bridgehead atoms. The lowest BCUT2D eigenvalue weighted by Gasteiger charge is -2.16.